The summed E-state index contributed by atoms with van der Waals surface area (Å²) in [5.41, 5.74) is 0.893. The van der Waals surface area contributed by atoms with Crippen molar-refractivity contribution in [1.82, 2.24) is 15.0 Å². The number of pyridine rings is 1. The highest BCUT2D eigenvalue weighted by atomic mass is 79.9. The molecule has 3 rings (SSSR count). The van der Waals surface area contributed by atoms with Crippen LogP contribution in [0.1, 0.15) is 18.5 Å². The molecule has 0 radical (unpaired) electrons. The lowest BCUT2D eigenvalue weighted by Crippen LogP contribution is -2.09. The van der Waals surface area contributed by atoms with E-state index in [0.717, 1.165) is 26.1 Å². The maximum absolute atomic E-state index is 12.8. The average Bonchev–Trinajstić information content (AvgIpc) is 2.82. The standard InChI is InChI=1S/C13H10BrFN4S/c1-7(8-2-3-10(15)16-4-8)19-12-11-9(14)5-20-13(11)18-6-17-12/h2-7H,1H3,(H,17,18,19). The number of aromatic nitrogens is 3. The lowest BCUT2D eigenvalue weighted by atomic mass is 10.1. The number of halogens is 2. The molecular weight excluding hydrogens is 343 g/mol. The zero-order chi connectivity index (χ0) is 14.1. The first kappa shape index (κ1) is 13.4. The van der Waals surface area contributed by atoms with Crippen LogP contribution in [0.2, 0.25) is 0 Å². The molecule has 0 bridgehead atoms. The van der Waals surface area contributed by atoms with Crippen LogP contribution in [0.15, 0.2) is 34.5 Å². The van der Waals surface area contributed by atoms with Gasteiger partial charge in [-0.25, -0.2) is 15.0 Å². The van der Waals surface area contributed by atoms with E-state index in [2.05, 4.69) is 36.2 Å². The SMILES string of the molecule is CC(Nc1ncnc2scc(Br)c12)c1ccc(F)nc1. The number of hydrogen-bond donors (Lipinski definition) is 1. The van der Waals surface area contributed by atoms with Gasteiger partial charge in [0.05, 0.1) is 11.4 Å². The van der Waals surface area contributed by atoms with Crippen molar-refractivity contribution in [3.05, 3.63) is 46.0 Å². The van der Waals surface area contributed by atoms with E-state index in [1.807, 2.05) is 12.3 Å². The van der Waals surface area contributed by atoms with Gasteiger partial charge in [0.1, 0.15) is 17.0 Å². The fraction of sp³-hybridized carbons (Fsp3) is 0.154. The van der Waals surface area contributed by atoms with Crippen LogP contribution in [0.4, 0.5) is 10.2 Å². The first-order valence-corrected chi connectivity index (χ1v) is 7.58. The maximum Gasteiger partial charge on any atom is 0.212 e. The summed E-state index contributed by atoms with van der Waals surface area (Å²) in [6.45, 7) is 1.98. The van der Waals surface area contributed by atoms with Gasteiger partial charge < -0.3 is 5.32 Å². The highest BCUT2D eigenvalue weighted by Gasteiger charge is 2.13. The third-order valence-electron chi connectivity index (χ3n) is 2.93. The number of rotatable bonds is 3. The molecule has 0 saturated heterocycles. The van der Waals surface area contributed by atoms with Gasteiger partial charge in [-0.05, 0) is 34.5 Å². The van der Waals surface area contributed by atoms with Crippen LogP contribution < -0.4 is 5.32 Å². The van der Waals surface area contributed by atoms with Gasteiger partial charge in [0.15, 0.2) is 0 Å². The molecule has 1 atom stereocenters. The van der Waals surface area contributed by atoms with Crippen LogP contribution >= 0.6 is 27.3 Å². The number of thiophene rings is 1. The normalized spacial score (nSPS) is 12.6. The molecule has 4 nitrogen and oxygen atoms in total. The van der Waals surface area contributed by atoms with Crippen molar-refractivity contribution < 1.29 is 4.39 Å². The highest BCUT2D eigenvalue weighted by Crippen LogP contribution is 2.34. The predicted octanol–water partition coefficient (Wildman–Crippen LogP) is 4.16. The van der Waals surface area contributed by atoms with Crippen molar-refractivity contribution in [1.29, 1.82) is 0 Å². The van der Waals surface area contributed by atoms with Gasteiger partial charge in [0.25, 0.3) is 0 Å². The zero-order valence-corrected chi connectivity index (χ0v) is 12.9. The van der Waals surface area contributed by atoms with Crippen molar-refractivity contribution in [3.63, 3.8) is 0 Å². The maximum atomic E-state index is 12.8. The van der Waals surface area contributed by atoms with Crippen molar-refractivity contribution in [3.8, 4) is 0 Å². The number of nitrogens with one attached hydrogen (secondary N) is 1. The molecule has 3 aromatic heterocycles. The minimum atomic E-state index is -0.481. The summed E-state index contributed by atoms with van der Waals surface area (Å²) >= 11 is 5.05. The Balaban J connectivity index is 1.93. The van der Waals surface area contributed by atoms with Crippen LogP contribution in [-0.4, -0.2) is 15.0 Å². The molecule has 3 aromatic rings. The topological polar surface area (TPSA) is 50.7 Å². The Bertz CT molecular complexity index is 744. The molecule has 0 spiro atoms. The third kappa shape index (κ3) is 2.51. The molecule has 0 aliphatic rings. The lowest BCUT2D eigenvalue weighted by molar-refractivity contribution is 0.581. The Morgan fingerprint density at radius 1 is 1.30 bits per heavy atom. The molecule has 102 valence electrons. The Hall–Kier alpha value is -1.60. The van der Waals surface area contributed by atoms with E-state index in [4.69, 9.17) is 0 Å². The van der Waals surface area contributed by atoms with E-state index < -0.39 is 5.95 Å². The van der Waals surface area contributed by atoms with Crippen LogP contribution in [-0.2, 0) is 0 Å². The summed E-state index contributed by atoms with van der Waals surface area (Å²) in [6.07, 6.45) is 3.05. The van der Waals surface area contributed by atoms with Gasteiger partial charge in [-0.2, -0.15) is 4.39 Å². The molecule has 3 heterocycles. The summed E-state index contributed by atoms with van der Waals surface area (Å²) in [7, 11) is 0. The first-order valence-electron chi connectivity index (χ1n) is 5.91. The summed E-state index contributed by atoms with van der Waals surface area (Å²) in [6, 6.07) is 3.03. The molecule has 0 amide bonds. The third-order valence-corrected chi connectivity index (χ3v) is 4.74. The summed E-state index contributed by atoms with van der Waals surface area (Å²) < 4.78 is 13.8. The van der Waals surface area contributed by atoms with Crippen LogP contribution in [0.25, 0.3) is 10.2 Å². The van der Waals surface area contributed by atoms with E-state index in [0.29, 0.717) is 0 Å². The molecule has 0 saturated carbocycles. The van der Waals surface area contributed by atoms with E-state index in [-0.39, 0.29) is 6.04 Å². The molecule has 7 heteroatoms. The smallest absolute Gasteiger partial charge is 0.212 e. The highest BCUT2D eigenvalue weighted by molar-refractivity contribution is 9.10. The number of hydrogen-bond acceptors (Lipinski definition) is 5. The van der Waals surface area contributed by atoms with E-state index >= 15 is 0 Å². The van der Waals surface area contributed by atoms with Crippen LogP contribution in [0.5, 0.6) is 0 Å². The molecule has 0 aromatic carbocycles. The fourth-order valence-corrected chi connectivity index (χ4v) is 3.43. The second kappa shape index (κ2) is 5.41. The predicted molar refractivity (Wildman–Crippen MR) is 81.3 cm³/mol. The van der Waals surface area contributed by atoms with Gasteiger partial charge in [-0.3, -0.25) is 0 Å². The van der Waals surface area contributed by atoms with Crippen molar-refractivity contribution in [2.24, 2.45) is 0 Å². The van der Waals surface area contributed by atoms with Crippen molar-refractivity contribution in [2.75, 3.05) is 5.32 Å². The Morgan fingerprint density at radius 3 is 2.90 bits per heavy atom. The molecular formula is C13H10BrFN4S. The minimum Gasteiger partial charge on any atom is -0.363 e. The van der Waals surface area contributed by atoms with E-state index in [1.165, 1.54) is 18.6 Å². The van der Waals surface area contributed by atoms with Crippen molar-refractivity contribution in [2.45, 2.75) is 13.0 Å². The minimum absolute atomic E-state index is 0.0343. The van der Waals surface area contributed by atoms with Crippen molar-refractivity contribution >= 4 is 43.3 Å². The van der Waals surface area contributed by atoms with Crippen LogP contribution in [0, 0.1) is 5.95 Å². The first-order chi connectivity index (χ1) is 9.65. The van der Waals surface area contributed by atoms with Crippen LogP contribution in [0.3, 0.4) is 0 Å². The Morgan fingerprint density at radius 2 is 2.15 bits per heavy atom. The fourth-order valence-electron chi connectivity index (χ4n) is 1.88. The summed E-state index contributed by atoms with van der Waals surface area (Å²) in [4.78, 5) is 13.1. The second-order valence-electron chi connectivity index (χ2n) is 4.27. The molecule has 0 fully saturated rings. The van der Waals surface area contributed by atoms with Gasteiger partial charge in [-0.15, -0.1) is 11.3 Å². The molecule has 1 N–H and O–H groups in total. The quantitative estimate of drug-likeness (QED) is 0.719. The number of fused-ring (bicyclic) bond motifs is 1. The molecule has 0 aliphatic carbocycles. The van der Waals surface area contributed by atoms with Gasteiger partial charge in [-0.1, -0.05) is 6.07 Å². The Labute approximate surface area is 127 Å². The monoisotopic (exact) mass is 352 g/mol. The van der Waals surface area contributed by atoms with Gasteiger partial charge in [0, 0.05) is 16.0 Å². The molecule has 1 unspecified atom stereocenters. The average molecular weight is 353 g/mol. The largest absolute Gasteiger partial charge is 0.363 e. The molecule has 0 aliphatic heterocycles. The zero-order valence-electron chi connectivity index (χ0n) is 10.5. The molecule has 20 heavy (non-hydrogen) atoms. The number of nitrogens with zero attached hydrogens (tertiary/aromatic N) is 3. The summed E-state index contributed by atoms with van der Waals surface area (Å²) in [5, 5.41) is 6.25. The van der Waals surface area contributed by atoms with Gasteiger partial charge >= 0.3 is 0 Å². The summed E-state index contributed by atoms with van der Waals surface area (Å²) in [5.74, 6) is 0.269. The second-order valence-corrected chi connectivity index (χ2v) is 5.98. The lowest BCUT2D eigenvalue weighted by Gasteiger charge is -2.15. The van der Waals surface area contributed by atoms with Gasteiger partial charge in [0.2, 0.25) is 5.95 Å². The number of anilines is 1. The van der Waals surface area contributed by atoms with E-state index in [9.17, 15) is 4.39 Å². The Kier molecular flexibility index (Phi) is 3.62. The van der Waals surface area contributed by atoms with E-state index in [1.54, 1.807) is 17.4 Å².